The lowest BCUT2D eigenvalue weighted by Crippen LogP contribution is -2.31. The second-order valence-electron chi connectivity index (χ2n) is 9.32. The molecule has 5 rings (SSSR count). The smallest absolute Gasteiger partial charge is 0.170 e. The summed E-state index contributed by atoms with van der Waals surface area (Å²) >= 11 is 5.88. The summed E-state index contributed by atoms with van der Waals surface area (Å²) in [5.74, 6) is 0.934. The number of hydrogen-bond donors (Lipinski definition) is 2. The Labute approximate surface area is 218 Å². The molecule has 1 saturated heterocycles. The van der Waals surface area contributed by atoms with Crippen molar-refractivity contribution in [2.24, 2.45) is 0 Å². The first kappa shape index (κ1) is 24.0. The molecule has 4 aromatic rings. The van der Waals surface area contributed by atoms with Crippen LogP contribution in [0.1, 0.15) is 46.7 Å². The van der Waals surface area contributed by atoms with E-state index in [4.69, 9.17) is 17.2 Å². The summed E-state index contributed by atoms with van der Waals surface area (Å²) < 4.78 is 2.24. The van der Waals surface area contributed by atoms with Gasteiger partial charge in [0, 0.05) is 42.6 Å². The summed E-state index contributed by atoms with van der Waals surface area (Å²) in [6.07, 6.45) is 4.73. The van der Waals surface area contributed by atoms with E-state index in [0.29, 0.717) is 0 Å². The van der Waals surface area contributed by atoms with Crippen molar-refractivity contribution < 1.29 is 0 Å². The molecule has 2 N–H and O–H groups in total. The van der Waals surface area contributed by atoms with E-state index in [9.17, 15) is 0 Å². The standard InChI is InChI=1S/C29H32N6S/c1-20-13-14-26(32-19-20)35-21(2)18-24(22(35)3)28-27(25-12-7-8-15-31-25)33-29(36)34(28)17-9-16-30-23-10-5-4-6-11-23/h4-8,10-15,18-19,27-28,30H,9,16-17H2,1-3H3,(H,33,36)/t27-,28-/m0/s1. The molecule has 1 fully saturated rings. The van der Waals surface area contributed by atoms with E-state index in [1.165, 1.54) is 11.3 Å². The van der Waals surface area contributed by atoms with Gasteiger partial charge in [-0.2, -0.15) is 0 Å². The molecule has 4 heterocycles. The van der Waals surface area contributed by atoms with Crippen molar-refractivity contribution >= 4 is 23.0 Å². The first-order valence-corrected chi connectivity index (χ1v) is 12.8. The molecule has 0 unspecified atom stereocenters. The van der Waals surface area contributed by atoms with Gasteiger partial charge in [-0.3, -0.25) is 4.98 Å². The molecule has 184 valence electrons. The van der Waals surface area contributed by atoms with Gasteiger partial charge < -0.3 is 20.1 Å². The minimum Gasteiger partial charge on any atom is -0.385 e. The molecule has 6 nitrogen and oxygen atoms in total. The van der Waals surface area contributed by atoms with E-state index in [1.54, 1.807) is 0 Å². The van der Waals surface area contributed by atoms with Gasteiger partial charge in [-0.05, 0) is 86.9 Å². The molecule has 0 saturated carbocycles. The van der Waals surface area contributed by atoms with Crippen LogP contribution in [0.4, 0.5) is 5.69 Å². The zero-order valence-electron chi connectivity index (χ0n) is 21.0. The normalized spacial score (nSPS) is 17.3. The molecule has 0 bridgehead atoms. The Morgan fingerprint density at radius 2 is 1.78 bits per heavy atom. The van der Waals surface area contributed by atoms with E-state index in [-0.39, 0.29) is 12.1 Å². The van der Waals surface area contributed by atoms with Gasteiger partial charge >= 0.3 is 0 Å². The molecule has 1 aliphatic rings. The molecule has 0 amide bonds. The monoisotopic (exact) mass is 496 g/mol. The topological polar surface area (TPSA) is 58.0 Å². The van der Waals surface area contributed by atoms with Gasteiger partial charge in [0.25, 0.3) is 0 Å². The van der Waals surface area contributed by atoms with Gasteiger partial charge in [-0.1, -0.05) is 30.3 Å². The first-order chi connectivity index (χ1) is 17.5. The number of nitrogens with one attached hydrogen (secondary N) is 2. The number of rotatable bonds is 8. The fourth-order valence-corrected chi connectivity index (χ4v) is 5.39. The highest BCUT2D eigenvalue weighted by molar-refractivity contribution is 7.80. The van der Waals surface area contributed by atoms with Crippen LogP contribution in [0, 0.1) is 20.8 Å². The largest absolute Gasteiger partial charge is 0.385 e. The Hall–Kier alpha value is -3.71. The predicted molar refractivity (Wildman–Crippen MR) is 149 cm³/mol. The molecule has 7 heteroatoms. The molecule has 1 aliphatic heterocycles. The maximum Gasteiger partial charge on any atom is 0.170 e. The maximum atomic E-state index is 5.88. The van der Waals surface area contributed by atoms with Crippen LogP contribution in [0.25, 0.3) is 5.82 Å². The SMILES string of the molecule is Cc1ccc(-n2c(C)cc([C@H]3[C@H](c4ccccn4)NC(=S)N3CCCNc3ccccc3)c2C)nc1. The van der Waals surface area contributed by atoms with Gasteiger partial charge in [0.1, 0.15) is 5.82 Å². The van der Waals surface area contributed by atoms with Crippen molar-refractivity contribution in [1.82, 2.24) is 24.8 Å². The number of aryl methyl sites for hydroxylation is 2. The zero-order valence-corrected chi connectivity index (χ0v) is 21.8. The molecular formula is C29H32N6S. The highest BCUT2D eigenvalue weighted by atomic mass is 32.1. The number of para-hydroxylation sites is 1. The quantitative estimate of drug-likeness (QED) is 0.242. The minimum atomic E-state index is -0.0271. The zero-order chi connectivity index (χ0) is 25.1. The van der Waals surface area contributed by atoms with Gasteiger partial charge in [-0.25, -0.2) is 4.98 Å². The van der Waals surface area contributed by atoms with Crippen molar-refractivity contribution in [3.8, 4) is 5.82 Å². The van der Waals surface area contributed by atoms with Gasteiger partial charge in [0.05, 0.1) is 17.8 Å². The summed E-state index contributed by atoms with van der Waals surface area (Å²) in [6, 6.07) is 22.9. The number of nitrogens with zero attached hydrogens (tertiary/aromatic N) is 4. The first-order valence-electron chi connectivity index (χ1n) is 12.4. The lowest BCUT2D eigenvalue weighted by atomic mass is 9.96. The Balaban J connectivity index is 1.45. The summed E-state index contributed by atoms with van der Waals surface area (Å²) in [7, 11) is 0. The summed E-state index contributed by atoms with van der Waals surface area (Å²) in [5.41, 5.74) is 6.85. The van der Waals surface area contributed by atoms with Crippen LogP contribution in [0.15, 0.2) is 79.1 Å². The van der Waals surface area contributed by atoms with Crippen molar-refractivity contribution in [3.63, 3.8) is 0 Å². The lowest BCUT2D eigenvalue weighted by molar-refractivity contribution is 0.315. The number of hydrogen-bond acceptors (Lipinski definition) is 4. The molecule has 36 heavy (non-hydrogen) atoms. The van der Waals surface area contributed by atoms with E-state index in [0.717, 1.165) is 53.1 Å². The third kappa shape index (κ3) is 4.84. The molecule has 0 aliphatic carbocycles. The Morgan fingerprint density at radius 3 is 2.50 bits per heavy atom. The number of thiocarbonyl (C=S) groups is 1. The van der Waals surface area contributed by atoms with E-state index < -0.39 is 0 Å². The molecule has 3 aromatic heterocycles. The minimum absolute atomic E-state index is 0.0271. The van der Waals surface area contributed by atoms with Crippen LogP contribution in [0.5, 0.6) is 0 Å². The number of anilines is 1. The molecule has 2 atom stereocenters. The van der Waals surface area contributed by atoms with Crippen LogP contribution < -0.4 is 10.6 Å². The third-order valence-electron chi connectivity index (χ3n) is 6.79. The van der Waals surface area contributed by atoms with Crippen molar-refractivity contribution in [1.29, 1.82) is 0 Å². The Kier molecular flexibility index (Phi) is 7.00. The molecular weight excluding hydrogens is 464 g/mol. The fourth-order valence-electron chi connectivity index (χ4n) is 5.05. The Bertz CT molecular complexity index is 1320. The Morgan fingerprint density at radius 1 is 0.972 bits per heavy atom. The lowest BCUT2D eigenvalue weighted by Gasteiger charge is -2.28. The molecule has 0 spiro atoms. The summed E-state index contributed by atoms with van der Waals surface area (Å²) in [6.45, 7) is 8.09. The second kappa shape index (κ2) is 10.5. The summed E-state index contributed by atoms with van der Waals surface area (Å²) in [5, 5.41) is 7.87. The fraction of sp³-hybridized carbons (Fsp3) is 0.276. The van der Waals surface area contributed by atoms with Crippen LogP contribution in [0.2, 0.25) is 0 Å². The van der Waals surface area contributed by atoms with Crippen molar-refractivity contribution in [3.05, 3.63) is 107 Å². The third-order valence-corrected chi connectivity index (χ3v) is 7.14. The van der Waals surface area contributed by atoms with E-state index in [2.05, 4.69) is 82.3 Å². The molecule has 1 aromatic carbocycles. The number of aromatic nitrogens is 3. The van der Waals surface area contributed by atoms with Crippen molar-refractivity contribution in [2.75, 3.05) is 18.4 Å². The average Bonchev–Trinajstić information content (AvgIpc) is 3.38. The van der Waals surface area contributed by atoms with Gasteiger partial charge in [0.15, 0.2) is 5.11 Å². The number of pyridine rings is 2. The van der Waals surface area contributed by atoms with Crippen LogP contribution in [0.3, 0.4) is 0 Å². The van der Waals surface area contributed by atoms with E-state index in [1.807, 2.05) is 42.7 Å². The van der Waals surface area contributed by atoms with Gasteiger partial charge in [-0.15, -0.1) is 0 Å². The van der Waals surface area contributed by atoms with Crippen LogP contribution in [-0.4, -0.2) is 37.6 Å². The van der Waals surface area contributed by atoms with Gasteiger partial charge in [0.2, 0.25) is 0 Å². The number of benzene rings is 1. The highest BCUT2D eigenvalue weighted by Gasteiger charge is 2.41. The molecule has 0 radical (unpaired) electrons. The van der Waals surface area contributed by atoms with E-state index >= 15 is 0 Å². The maximum absolute atomic E-state index is 5.88. The van der Waals surface area contributed by atoms with Crippen LogP contribution in [-0.2, 0) is 0 Å². The second-order valence-corrected chi connectivity index (χ2v) is 9.71. The highest BCUT2D eigenvalue weighted by Crippen LogP contribution is 2.41. The predicted octanol–water partition coefficient (Wildman–Crippen LogP) is 5.67. The van der Waals surface area contributed by atoms with Crippen molar-refractivity contribution in [2.45, 2.75) is 39.3 Å². The van der Waals surface area contributed by atoms with Crippen LogP contribution >= 0.6 is 12.2 Å². The summed E-state index contributed by atoms with van der Waals surface area (Å²) in [4.78, 5) is 11.7. The average molecular weight is 497 g/mol.